The number of hydrogen-bond donors (Lipinski definition) is 3. The van der Waals surface area contributed by atoms with Crippen molar-refractivity contribution < 1.29 is 15.3 Å². The Morgan fingerprint density at radius 2 is 1.50 bits per heavy atom. The van der Waals surface area contributed by atoms with E-state index < -0.39 is 0 Å². The summed E-state index contributed by atoms with van der Waals surface area (Å²) < 4.78 is 0. The highest BCUT2D eigenvalue weighted by atomic mass is 16.3. The van der Waals surface area contributed by atoms with Gasteiger partial charge in [0.1, 0.15) is 0 Å². The first-order valence-corrected chi connectivity index (χ1v) is 2.21. The van der Waals surface area contributed by atoms with Gasteiger partial charge in [-0.1, -0.05) is 6.58 Å². The zero-order chi connectivity index (χ0) is 6.99. The molecular weight excluding hydrogens is 108 g/mol. The van der Waals surface area contributed by atoms with E-state index >= 15 is 0 Å². The quantitative estimate of drug-likeness (QED) is 0.428. The fourth-order valence-corrected chi connectivity index (χ4v) is 0. The molecule has 0 amide bonds. The van der Waals surface area contributed by atoms with Crippen LogP contribution in [0, 0.1) is 0 Å². The summed E-state index contributed by atoms with van der Waals surface area (Å²) >= 11 is 0. The molecule has 0 aromatic carbocycles. The minimum atomic E-state index is -0.125. The monoisotopic (exact) mass is 120 g/mol. The summed E-state index contributed by atoms with van der Waals surface area (Å²) in [6, 6.07) is 0. The maximum absolute atomic E-state index is 7.86. The van der Waals surface area contributed by atoms with E-state index in [1.165, 1.54) is 6.92 Å². The van der Waals surface area contributed by atoms with Crippen molar-refractivity contribution in [1.82, 2.24) is 0 Å². The summed E-state index contributed by atoms with van der Waals surface area (Å²) in [6.45, 7) is 4.39. The summed E-state index contributed by atoms with van der Waals surface area (Å²) in [5.41, 5.74) is 0. The van der Waals surface area contributed by atoms with E-state index in [1.54, 1.807) is 0 Å². The molecule has 3 nitrogen and oxygen atoms in total. The van der Waals surface area contributed by atoms with Crippen LogP contribution in [0.3, 0.4) is 0 Å². The van der Waals surface area contributed by atoms with Gasteiger partial charge in [-0.2, -0.15) is 0 Å². The first kappa shape index (κ1) is 10.4. The van der Waals surface area contributed by atoms with Crippen LogP contribution in [-0.2, 0) is 0 Å². The van der Waals surface area contributed by atoms with Gasteiger partial charge in [0.25, 0.3) is 0 Å². The van der Waals surface area contributed by atoms with E-state index in [0.29, 0.717) is 0 Å². The van der Waals surface area contributed by atoms with Crippen LogP contribution in [0.4, 0.5) is 0 Å². The maximum Gasteiger partial charge on any atom is 0.0820 e. The highest BCUT2D eigenvalue weighted by Crippen LogP contribution is 1.66. The van der Waals surface area contributed by atoms with E-state index in [0.717, 1.165) is 0 Å². The molecule has 0 saturated heterocycles. The molecule has 0 saturated carbocycles. The lowest BCUT2D eigenvalue weighted by Crippen LogP contribution is -1.85. The molecule has 0 unspecified atom stereocenters. The van der Waals surface area contributed by atoms with Crippen molar-refractivity contribution in [1.29, 1.82) is 0 Å². The standard InChI is InChI=1S/C3H6O.C2H6O2/c1-3(2)4;3-1-2-4/h4H,1H2,2H3;3-4H,1-2H2. The molecule has 0 spiro atoms. The molecule has 0 aromatic rings. The summed E-state index contributed by atoms with van der Waals surface area (Å²) in [4.78, 5) is 0. The number of aliphatic hydroxyl groups excluding tert-OH is 3. The van der Waals surface area contributed by atoms with Gasteiger partial charge in [0, 0.05) is 0 Å². The van der Waals surface area contributed by atoms with Crippen LogP contribution in [0.15, 0.2) is 12.3 Å². The van der Waals surface area contributed by atoms with E-state index in [2.05, 4.69) is 6.58 Å². The predicted molar refractivity (Wildman–Crippen MR) is 31.6 cm³/mol. The van der Waals surface area contributed by atoms with Gasteiger partial charge in [0.15, 0.2) is 0 Å². The van der Waals surface area contributed by atoms with Crippen LogP contribution in [0.25, 0.3) is 0 Å². The minimum absolute atomic E-state index is 0.125. The third kappa shape index (κ3) is 513. The third-order valence-electron chi connectivity index (χ3n) is 0.1000. The van der Waals surface area contributed by atoms with Crippen molar-refractivity contribution in [2.45, 2.75) is 6.92 Å². The maximum atomic E-state index is 7.86. The van der Waals surface area contributed by atoms with Gasteiger partial charge in [0.2, 0.25) is 0 Å². The van der Waals surface area contributed by atoms with Gasteiger partial charge in [-0.05, 0) is 6.92 Å². The smallest absolute Gasteiger partial charge is 0.0820 e. The third-order valence-corrected chi connectivity index (χ3v) is 0.1000. The van der Waals surface area contributed by atoms with Crippen molar-refractivity contribution in [3.05, 3.63) is 12.3 Å². The fraction of sp³-hybridized carbons (Fsp3) is 0.600. The van der Waals surface area contributed by atoms with E-state index in [4.69, 9.17) is 15.3 Å². The highest BCUT2D eigenvalue weighted by Gasteiger charge is 1.58. The lowest BCUT2D eigenvalue weighted by Gasteiger charge is -1.70. The van der Waals surface area contributed by atoms with Gasteiger partial charge in [-0.15, -0.1) is 0 Å². The first-order valence-electron chi connectivity index (χ1n) is 2.21. The lowest BCUT2D eigenvalue weighted by molar-refractivity contribution is 0.186. The summed E-state index contributed by atoms with van der Waals surface area (Å²) in [7, 11) is 0. The molecule has 0 aliphatic heterocycles. The molecule has 0 bridgehead atoms. The normalized spacial score (nSPS) is 6.88. The van der Waals surface area contributed by atoms with Crippen LogP contribution in [-0.4, -0.2) is 28.5 Å². The molecule has 0 atom stereocenters. The van der Waals surface area contributed by atoms with E-state index in [9.17, 15) is 0 Å². The molecule has 0 fully saturated rings. The molecular formula is C5H12O3. The molecule has 3 heteroatoms. The van der Waals surface area contributed by atoms with Crippen LogP contribution < -0.4 is 0 Å². The second-order valence-electron chi connectivity index (χ2n) is 1.18. The van der Waals surface area contributed by atoms with Gasteiger partial charge in [0.05, 0.1) is 19.0 Å². The minimum Gasteiger partial charge on any atom is -0.513 e. The average Bonchev–Trinajstić information content (AvgIpc) is 1.65. The van der Waals surface area contributed by atoms with Crippen LogP contribution in [0.5, 0.6) is 0 Å². The largest absolute Gasteiger partial charge is 0.513 e. The van der Waals surface area contributed by atoms with Crippen molar-refractivity contribution in [3.8, 4) is 0 Å². The number of rotatable bonds is 1. The Balaban J connectivity index is 0. The van der Waals surface area contributed by atoms with E-state index in [-0.39, 0.29) is 19.0 Å². The molecule has 50 valence electrons. The Hall–Kier alpha value is -0.540. The van der Waals surface area contributed by atoms with Gasteiger partial charge in [-0.25, -0.2) is 0 Å². The van der Waals surface area contributed by atoms with Crippen LogP contribution in [0.2, 0.25) is 0 Å². The second kappa shape index (κ2) is 9.68. The summed E-state index contributed by atoms with van der Waals surface area (Å²) in [5, 5.41) is 23.1. The Labute approximate surface area is 48.9 Å². The zero-order valence-corrected chi connectivity index (χ0v) is 4.96. The molecule has 0 aliphatic rings. The molecule has 0 heterocycles. The van der Waals surface area contributed by atoms with Crippen molar-refractivity contribution in [2.24, 2.45) is 0 Å². The number of allylic oxidation sites excluding steroid dienone is 1. The van der Waals surface area contributed by atoms with Crippen LogP contribution in [0.1, 0.15) is 6.92 Å². The second-order valence-corrected chi connectivity index (χ2v) is 1.18. The lowest BCUT2D eigenvalue weighted by atomic mass is 10.7. The number of hydrogen-bond acceptors (Lipinski definition) is 3. The molecule has 3 N–H and O–H groups in total. The van der Waals surface area contributed by atoms with Gasteiger partial charge < -0.3 is 15.3 Å². The Morgan fingerprint density at radius 3 is 1.50 bits per heavy atom. The topological polar surface area (TPSA) is 60.7 Å². The molecule has 0 aliphatic carbocycles. The van der Waals surface area contributed by atoms with Crippen molar-refractivity contribution in [3.63, 3.8) is 0 Å². The summed E-state index contributed by atoms with van der Waals surface area (Å²) in [5.74, 6) is 0.167. The molecule has 8 heavy (non-hydrogen) atoms. The molecule has 0 radical (unpaired) electrons. The van der Waals surface area contributed by atoms with Crippen molar-refractivity contribution in [2.75, 3.05) is 13.2 Å². The predicted octanol–water partition coefficient (Wildman–Crippen LogP) is 0.0490. The number of aliphatic hydroxyl groups is 3. The first-order chi connectivity index (χ1) is 3.65. The molecule has 0 aromatic heterocycles. The Bertz CT molecular complexity index is 45.6. The SMILES string of the molecule is C=C(C)O.OCCO. The Kier molecular flexibility index (Phi) is 12.6. The Morgan fingerprint density at radius 1 is 1.38 bits per heavy atom. The average molecular weight is 120 g/mol. The zero-order valence-electron chi connectivity index (χ0n) is 4.96. The summed E-state index contributed by atoms with van der Waals surface area (Å²) in [6.07, 6.45) is 0. The highest BCUT2D eigenvalue weighted by molar-refractivity contribution is 4.67. The fourth-order valence-electron chi connectivity index (χ4n) is 0. The van der Waals surface area contributed by atoms with Crippen molar-refractivity contribution >= 4 is 0 Å². The van der Waals surface area contributed by atoms with Gasteiger partial charge >= 0.3 is 0 Å². The molecule has 0 rings (SSSR count). The van der Waals surface area contributed by atoms with E-state index in [1.807, 2.05) is 0 Å². The van der Waals surface area contributed by atoms with Gasteiger partial charge in [-0.3, -0.25) is 0 Å². The van der Waals surface area contributed by atoms with Crippen LogP contribution >= 0.6 is 0 Å².